The van der Waals surface area contributed by atoms with E-state index in [1.165, 1.54) is 11.3 Å². The van der Waals surface area contributed by atoms with Crippen molar-refractivity contribution in [3.05, 3.63) is 58.6 Å². The van der Waals surface area contributed by atoms with E-state index in [9.17, 15) is 5.11 Å². The van der Waals surface area contributed by atoms with Crippen LogP contribution in [0.3, 0.4) is 0 Å². The number of nitrogens with zero attached hydrogens (tertiary/aromatic N) is 1. The Hall–Kier alpha value is -1.67. The van der Waals surface area contributed by atoms with Gasteiger partial charge in [-0.25, -0.2) is 0 Å². The van der Waals surface area contributed by atoms with Gasteiger partial charge in [0.15, 0.2) is 0 Å². The number of hydrogen-bond acceptors (Lipinski definition) is 2. The number of aromatic hydroxyl groups is 1. The molecule has 0 aromatic heterocycles. The van der Waals surface area contributed by atoms with Crippen LogP contribution in [0, 0.1) is 0 Å². The number of benzene rings is 2. The highest BCUT2D eigenvalue weighted by Crippen LogP contribution is 2.40. The van der Waals surface area contributed by atoms with Gasteiger partial charge in [0.25, 0.3) is 0 Å². The van der Waals surface area contributed by atoms with Crippen LogP contribution in [-0.4, -0.2) is 11.1 Å². The van der Waals surface area contributed by atoms with Gasteiger partial charge in [-0.3, -0.25) is 0 Å². The van der Waals surface area contributed by atoms with Crippen LogP contribution in [0.5, 0.6) is 5.75 Å². The molecule has 2 aromatic rings. The van der Waals surface area contributed by atoms with Gasteiger partial charge < -0.3 is 10.0 Å². The summed E-state index contributed by atoms with van der Waals surface area (Å²) >= 11 is 6.07. The normalized spacial score (nSPS) is 18.9. The molecule has 2 unspecified atom stereocenters. The number of hydrogen-bond donors (Lipinski definition) is 1. The summed E-state index contributed by atoms with van der Waals surface area (Å²) in [5.41, 5.74) is 3.50. The first kappa shape index (κ1) is 13.3. The average molecular weight is 288 g/mol. The monoisotopic (exact) mass is 287 g/mol. The van der Waals surface area contributed by atoms with Gasteiger partial charge in [0.05, 0.1) is 6.04 Å². The minimum atomic E-state index is 0.0901. The third-order valence-electron chi connectivity index (χ3n) is 4.12. The third-order valence-corrected chi connectivity index (χ3v) is 4.35. The van der Waals surface area contributed by atoms with Crippen LogP contribution in [0.1, 0.15) is 31.0 Å². The molecule has 3 rings (SSSR count). The Kier molecular flexibility index (Phi) is 3.35. The molecule has 104 valence electrons. The standard InChI is InChI=1S/C17H18ClNO/c1-11-9-13-5-3-4-6-16(13)19(11)12(2)15-10-14(18)7-8-17(15)20/h3-8,10-12,20H,9H2,1-2H3. The summed E-state index contributed by atoms with van der Waals surface area (Å²) in [6, 6.07) is 14.2. The van der Waals surface area contributed by atoms with Crippen LogP contribution < -0.4 is 4.90 Å². The van der Waals surface area contributed by atoms with Crippen molar-refractivity contribution in [2.75, 3.05) is 4.90 Å². The van der Waals surface area contributed by atoms with Crippen molar-refractivity contribution in [3.63, 3.8) is 0 Å². The quantitative estimate of drug-likeness (QED) is 0.875. The molecule has 0 spiro atoms. The lowest BCUT2D eigenvalue weighted by Gasteiger charge is -2.32. The van der Waals surface area contributed by atoms with Crippen molar-refractivity contribution < 1.29 is 5.11 Å². The first-order chi connectivity index (χ1) is 9.58. The fourth-order valence-corrected chi connectivity index (χ4v) is 3.37. The fourth-order valence-electron chi connectivity index (χ4n) is 3.19. The first-order valence-corrected chi connectivity index (χ1v) is 7.30. The molecular formula is C17H18ClNO. The molecule has 20 heavy (non-hydrogen) atoms. The minimum absolute atomic E-state index is 0.0901. The number of para-hydroxylation sites is 1. The second-order valence-electron chi connectivity index (χ2n) is 5.47. The van der Waals surface area contributed by atoms with Gasteiger partial charge in [0.2, 0.25) is 0 Å². The van der Waals surface area contributed by atoms with Gasteiger partial charge in [0, 0.05) is 22.3 Å². The molecule has 1 heterocycles. The van der Waals surface area contributed by atoms with E-state index in [0.29, 0.717) is 16.8 Å². The summed E-state index contributed by atoms with van der Waals surface area (Å²) in [7, 11) is 0. The summed E-state index contributed by atoms with van der Waals surface area (Å²) in [6.07, 6.45) is 1.04. The largest absolute Gasteiger partial charge is 0.508 e. The Morgan fingerprint density at radius 3 is 2.80 bits per heavy atom. The molecule has 0 radical (unpaired) electrons. The number of phenolic OH excluding ortho intramolecular Hbond substituents is 1. The van der Waals surface area contributed by atoms with E-state index < -0.39 is 0 Å². The van der Waals surface area contributed by atoms with E-state index in [1.54, 1.807) is 12.1 Å². The molecule has 2 atom stereocenters. The van der Waals surface area contributed by atoms with Gasteiger partial charge in [0.1, 0.15) is 5.75 Å². The second kappa shape index (κ2) is 5.02. The smallest absolute Gasteiger partial charge is 0.120 e. The maximum atomic E-state index is 10.1. The second-order valence-corrected chi connectivity index (χ2v) is 5.90. The Labute approximate surface area is 124 Å². The van der Waals surface area contributed by atoms with Crippen molar-refractivity contribution in [1.82, 2.24) is 0 Å². The molecule has 0 fully saturated rings. The van der Waals surface area contributed by atoms with Gasteiger partial charge in [-0.15, -0.1) is 0 Å². The van der Waals surface area contributed by atoms with Gasteiger partial charge in [-0.2, -0.15) is 0 Å². The summed E-state index contributed by atoms with van der Waals surface area (Å²) in [5, 5.41) is 10.8. The predicted octanol–water partition coefficient (Wildman–Crippen LogP) is 4.56. The summed E-state index contributed by atoms with van der Waals surface area (Å²) in [5.74, 6) is 0.304. The lowest BCUT2D eigenvalue weighted by molar-refractivity contribution is 0.458. The van der Waals surface area contributed by atoms with Crippen molar-refractivity contribution in [2.24, 2.45) is 0 Å². The lowest BCUT2D eigenvalue weighted by Crippen LogP contribution is -2.32. The summed E-state index contributed by atoms with van der Waals surface area (Å²) < 4.78 is 0. The zero-order valence-corrected chi connectivity index (χ0v) is 12.4. The van der Waals surface area contributed by atoms with E-state index in [4.69, 9.17) is 11.6 Å². The molecule has 2 aromatic carbocycles. The predicted molar refractivity (Wildman–Crippen MR) is 83.6 cm³/mol. The molecule has 2 nitrogen and oxygen atoms in total. The molecule has 0 saturated heterocycles. The van der Waals surface area contributed by atoms with Crippen molar-refractivity contribution in [1.29, 1.82) is 0 Å². The zero-order chi connectivity index (χ0) is 14.3. The number of anilines is 1. The van der Waals surface area contributed by atoms with E-state index in [2.05, 4.69) is 43.0 Å². The van der Waals surface area contributed by atoms with Crippen LogP contribution in [0.2, 0.25) is 5.02 Å². The maximum absolute atomic E-state index is 10.1. The Morgan fingerprint density at radius 1 is 1.25 bits per heavy atom. The molecular weight excluding hydrogens is 270 g/mol. The van der Waals surface area contributed by atoms with Crippen LogP contribution in [-0.2, 0) is 6.42 Å². The summed E-state index contributed by atoms with van der Waals surface area (Å²) in [4.78, 5) is 2.36. The van der Waals surface area contributed by atoms with E-state index in [-0.39, 0.29) is 6.04 Å². The molecule has 0 aliphatic carbocycles. The average Bonchev–Trinajstić information content (AvgIpc) is 2.76. The Bertz CT molecular complexity index is 641. The number of phenols is 1. The Morgan fingerprint density at radius 2 is 2.00 bits per heavy atom. The number of rotatable bonds is 2. The van der Waals surface area contributed by atoms with Gasteiger partial charge in [-0.05, 0) is 50.1 Å². The molecule has 0 saturated carbocycles. The highest BCUT2D eigenvalue weighted by molar-refractivity contribution is 6.30. The highest BCUT2D eigenvalue weighted by atomic mass is 35.5. The summed E-state index contributed by atoms with van der Waals surface area (Å²) in [6.45, 7) is 4.34. The SMILES string of the molecule is CC1Cc2ccccc2N1C(C)c1cc(Cl)ccc1O. The molecule has 0 amide bonds. The minimum Gasteiger partial charge on any atom is -0.508 e. The lowest BCUT2D eigenvalue weighted by atomic mass is 10.0. The van der Waals surface area contributed by atoms with Crippen molar-refractivity contribution in [3.8, 4) is 5.75 Å². The molecule has 1 N–H and O–H groups in total. The van der Waals surface area contributed by atoms with E-state index >= 15 is 0 Å². The van der Waals surface area contributed by atoms with Crippen LogP contribution >= 0.6 is 11.6 Å². The topological polar surface area (TPSA) is 23.5 Å². The zero-order valence-electron chi connectivity index (χ0n) is 11.7. The molecule has 1 aliphatic rings. The van der Waals surface area contributed by atoms with E-state index in [0.717, 1.165) is 12.0 Å². The maximum Gasteiger partial charge on any atom is 0.120 e. The van der Waals surface area contributed by atoms with Crippen molar-refractivity contribution >= 4 is 17.3 Å². The number of fused-ring (bicyclic) bond motifs is 1. The van der Waals surface area contributed by atoms with E-state index in [1.807, 2.05) is 6.07 Å². The fraction of sp³-hybridized carbons (Fsp3) is 0.294. The first-order valence-electron chi connectivity index (χ1n) is 6.92. The molecule has 0 bridgehead atoms. The number of halogens is 1. The van der Waals surface area contributed by atoms with Crippen LogP contribution in [0.15, 0.2) is 42.5 Å². The third kappa shape index (κ3) is 2.14. The Balaban J connectivity index is 2.02. The highest BCUT2D eigenvalue weighted by Gasteiger charge is 2.30. The van der Waals surface area contributed by atoms with Gasteiger partial charge in [-0.1, -0.05) is 29.8 Å². The van der Waals surface area contributed by atoms with Crippen molar-refractivity contribution in [2.45, 2.75) is 32.4 Å². The van der Waals surface area contributed by atoms with Gasteiger partial charge >= 0.3 is 0 Å². The molecule has 1 aliphatic heterocycles. The van der Waals surface area contributed by atoms with Crippen LogP contribution in [0.4, 0.5) is 5.69 Å². The molecule has 3 heteroatoms. The van der Waals surface area contributed by atoms with Crippen LogP contribution in [0.25, 0.3) is 0 Å².